The summed E-state index contributed by atoms with van der Waals surface area (Å²) in [5.41, 5.74) is 0.585. The Bertz CT molecular complexity index is 693. The van der Waals surface area contributed by atoms with Crippen LogP contribution >= 0.6 is 11.3 Å². The SMILES string of the molecule is CCC(NC(C)C(=O)Nc1cc(OC)c(OC)c(OC)c1)c1cccs1. The van der Waals surface area contributed by atoms with Gasteiger partial charge >= 0.3 is 0 Å². The van der Waals surface area contributed by atoms with Gasteiger partial charge in [-0.2, -0.15) is 0 Å². The molecule has 6 nitrogen and oxygen atoms in total. The van der Waals surface area contributed by atoms with Gasteiger partial charge in [0.15, 0.2) is 11.5 Å². The zero-order chi connectivity index (χ0) is 19.1. The van der Waals surface area contributed by atoms with Gasteiger partial charge in [-0.05, 0) is 24.8 Å². The van der Waals surface area contributed by atoms with Crippen LogP contribution in [0.25, 0.3) is 0 Å². The highest BCUT2D eigenvalue weighted by atomic mass is 32.1. The van der Waals surface area contributed by atoms with Crippen molar-refractivity contribution in [3.05, 3.63) is 34.5 Å². The van der Waals surface area contributed by atoms with Gasteiger partial charge in [-0.25, -0.2) is 0 Å². The molecule has 0 spiro atoms. The number of thiophene rings is 1. The first-order chi connectivity index (χ1) is 12.5. The zero-order valence-electron chi connectivity index (χ0n) is 15.8. The van der Waals surface area contributed by atoms with Crippen LogP contribution in [0.2, 0.25) is 0 Å². The predicted molar refractivity (Wildman–Crippen MR) is 105 cm³/mol. The molecule has 1 aromatic heterocycles. The van der Waals surface area contributed by atoms with E-state index in [1.807, 2.05) is 18.4 Å². The van der Waals surface area contributed by atoms with Crippen LogP contribution in [0.5, 0.6) is 17.2 Å². The molecule has 1 amide bonds. The second-order valence-corrected chi connectivity index (χ2v) is 6.75. The van der Waals surface area contributed by atoms with Gasteiger partial charge in [0.2, 0.25) is 11.7 Å². The maximum Gasteiger partial charge on any atom is 0.241 e. The molecule has 0 fully saturated rings. The summed E-state index contributed by atoms with van der Waals surface area (Å²) in [6, 6.07) is 7.31. The number of carbonyl (C=O) groups excluding carboxylic acids is 1. The fraction of sp³-hybridized carbons (Fsp3) is 0.421. The summed E-state index contributed by atoms with van der Waals surface area (Å²) in [4.78, 5) is 13.8. The molecule has 0 saturated carbocycles. The van der Waals surface area contributed by atoms with Crippen LogP contribution < -0.4 is 24.8 Å². The minimum Gasteiger partial charge on any atom is -0.493 e. The summed E-state index contributed by atoms with van der Waals surface area (Å²) in [6.07, 6.45) is 0.905. The van der Waals surface area contributed by atoms with Crippen LogP contribution in [0.1, 0.15) is 31.2 Å². The predicted octanol–water partition coefficient (Wildman–Crippen LogP) is 3.84. The Kier molecular flexibility index (Phi) is 7.29. The van der Waals surface area contributed by atoms with Crippen molar-refractivity contribution < 1.29 is 19.0 Å². The molecular formula is C19H26N2O4S. The Morgan fingerprint density at radius 3 is 2.27 bits per heavy atom. The number of nitrogens with one attached hydrogen (secondary N) is 2. The Hall–Kier alpha value is -2.25. The van der Waals surface area contributed by atoms with Gasteiger partial charge < -0.3 is 19.5 Å². The van der Waals surface area contributed by atoms with E-state index in [-0.39, 0.29) is 18.0 Å². The summed E-state index contributed by atoms with van der Waals surface area (Å²) in [5.74, 6) is 1.35. The third-order valence-corrected chi connectivity index (χ3v) is 5.06. The Morgan fingerprint density at radius 2 is 1.81 bits per heavy atom. The molecule has 1 heterocycles. The summed E-state index contributed by atoms with van der Waals surface area (Å²) < 4.78 is 15.9. The first-order valence-corrected chi connectivity index (χ1v) is 9.32. The number of methoxy groups -OCH3 is 3. The molecule has 2 N–H and O–H groups in total. The number of carbonyl (C=O) groups is 1. The summed E-state index contributed by atoms with van der Waals surface area (Å²) in [7, 11) is 4.62. The smallest absolute Gasteiger partial charge is 0.241 e. The monoisotopic (exact) mass is 378 g/mol. The van der Waals surface area contributed by atoms with Crippen molar-refractivity contribution in [2.24, 2.45) is 0 Å². The van der Waals surface area contributed by atoms with E-state index in [2.05, 4.69) is 23.6 Å². The van der Waals surface area contributed by atoms with Crippen molar-refractivity contribution in [2.45, 2.75) is 32.4 Å². The van der Waals surface area contributed by atoms with Gasteiger partial charge in [-0.3, -0.25) is 10.1 Å². The average molecular weight is 378 g/mol. The number of anilines is 1. The lowest BCUT2D eigenvalue weighted by Crippen LogP contribution is -2.39. The van der Waals surface area contributed by atoms with Crippen LogP contribution in [0.15, 0.2) is 29.6 Å². The fourth-order valence-corrected chi connectivity index (χ4v) is 3.54. The number of hydrogen-bond acceptors (Lipinski definition) is 6. The van der Waals surface area contributed by atoms with Gasteiger partial charge in [-0.1, -0.05) is 13.0 Å². The normalized spacial score (nSPS) is 13.0. The van der Waals surface area contributed by atoms with Crippen LogP contribution in [-0.4, -0.2) is 33.3 Å². The van der Waals surface area contributed by atoms with Crippen LogP contribution in [0, 0.1) is 0 Å². The van der Waals surface area contributed by atoms with Gasteiger partial charge in [0.05, 0.1) is 27.4 Å². The second kappa shape index (κ2) is 9.45. The molecule has 2 atom stereocenters. The van der Waals surface area contributed by atoms with Crippen molar-refractivity contribution in [1.29, 1.82) is 0 Å². The molecular weight excluding hydrogens is 352 g/mol. The molecule has 2 aromatic rings. The molecule has 26 heavy (non-hydrogen) atoms. The zero-order valence-corrected chi connectivity index (χ0v) is 16.6. The second-order valence-electron chi connectivity index (χ2n) is 5.77. The fourth-order valence-electron chi connectivity index (χ4n) is 2.67. The quantitative estimate of drug-likeness (QED) is 0.694. The van der Waals surface area contributed by atoms with Crippen LogP contribution in [0.4, 0.5) is 5.69 Å². The van der Waals surface area contributed by atoms with E-state index >= 15 is 0 Å². The number of hydrogen-bond donors (Lipinski definition) is 2. The highest BCUT2D eigenvalue weighted by Gasteiger charge is 2.20. The van der Waals surface area contributed by atoms with Crippen molar-refractivity contribution >= 4 is 22.9 Å². The summed E-state index contributed by atoms with van der Waals surface area (Å²) in [6.45, 7) is 3.95. The molecule has 0 aliphatic rings. The van der Waals surface area contributed by atoms with E-state index in [0.29, 0.717) is 22.9 Å². The van der Waals surface area contributed by atoms with Gasteiger partial charge in [0.25, 0.3) is 0 Å². The van der Waals surface area contributed by atoms with Crippen LogP contribution in [0.3, 0.4) is 0 Å². The largest absolute Gasteiger partial charge is 0.493 e. The maximum absolute atomic E-state index is 12.6. The van der Waals surface area contributed by atoms with Crippen molar-refractivity contribution in [3.8, 4) is 17.2 Å². The molecule has 0 radical (unpaired) electrons. The minimum atomic E-state index is -0.360. The highest BCUT2D eigenvalue weighted by Crippen LogP contribution is 2.39. The molecule has 7 heteroatoms. The number of amides is 1. The number of ether oxygens (including phenoxy) is 3. The maximum atomic E-state index is 12.6. The lowest BCUT2D eigenvalue weighted by molar-refractivity contribution is -0.118. The molecule has 0 bridgehead atoms. The minimum absolute atomic E-state index is 0.130. The van der Waals surface area contributed by atoms with Crippen molar-refractivity contribution in [2.75, 3.05) is 26.6 Å². The van der Waals surface area contributed by atoms with E-state index < -0.39 is 0 Å². The topological polar surface area (TPSA) is 68.8 Å². The molecule has 0 saturated heterocycles. The molecule has 2 rings (SSSR count). The van der Waals surface area contributed by atoms with Crippen molar-refractivity contribution in [1.82, 2.24) is 5.32 Å². The molecule has 142 valence electrons. The Morgan fingerprint density at radius 1 is 1.15 bits per heavy atom. The Labute approximate surface area is 158 Å². The van der Waals surface area contributed by atoms with E-state index in [1.54, 1.807) is 44.8 Å². The standard InChI is InChI=1S/C19H26N2O4S/c1-6-14(17-8-7-9-26-17)20-12(2)19(22)21-13-10-15(23-3)18(25-5)16(11-13)24-4/h7-12,14,20H,6H2,1-5H3,(H,21,22). The number of benzene rings is 1. The van der Waals surface area contributed by atoms with Gasteiger partial charge in [-0.15, -0.1) is 11.3 Å². The van der Waals surface area contributed by atoms with E-state index in [9.17, 15) is 4.79 Å². The first kappa shape index (κ1) is 20.1. The molecule has 0 aliphatic carbocycles. The molecule has 2 unspecified atom stereocenters. The molecule has 0 aliphatic heterocycles. The van der Waals surface area contributed by atoms with E-state index in [1.165, 1.54) is 4.88 Å². The summed E-state index contributed by atoms with van der Waals surface area (Å²) >= 11 is 1.69. The average Bonchev–Trinajstić information content (AvgIpc) is 3.19. The van der Waals surface area contributed by atoms with E-state index in [0.717, 1.165) is 6.42 Å². The van der Waals surface area contributed by atoms with Crippen molar-refractivity contribution in [3.63, 3.8) is 0 Å². The lowest BCUT2D eigenvalue weighted by atomic mass is 10.1. The van der Waals surface area contributed by atoms with Gasteiger partial charge in [0.1, 0.15) is 0 Å². The summed E-state index contributed by atoms with van der Waals surface area (Å²) in [5, 5.41) is 8.33. The van der Waals surface area contributed by atoms with E-state index in [4.69, 9.17) is 14.2 Å². The third kappa shape index (κ3) is 4.68. The van der Waals surface area contributed by atoms with Gasteiger partial charge in [0, 0.05) is 28.7 Å². The van der Waals surface area contributed by atoms with Crippen LogP contribution in [-0.2, 0) is 4.79 Å². The third-order valence-electron chi connectivity index (χ3n) is 4.07. The lowest BCUT2D eigenvalue weighted by Gasteiger charge is -2.21. The Balaban J connectivity index is 2.11. The number of rotatable bonds is 9. The molecule has 1 aromatic carbocycles. The first-order valence-electron chi connectivity index (χ1n) is 8.44. The highest BCUT2D eigenvalue weighted by molar-refractivity contribution is 7.10.